The summed E-state index contributed by atoms with van der Waals surface area (Å²) >= 11 is 0. The van der Waals surface area contributed by atoms with E-state index in [1.165, 1.54) is 11.0 Å². The molecule has 1 fully saturated rings. The molecule has 0 atom stereocenters. The fourth-order valence-electron chi connectivity index (χ4n) is 5.05. The van der Waals surface area contributed by atoms with Gasteiger partial charge in [0.15, 0.2) is 0 Å². The van der Waals surface area contributed by atoms with E-state index in [1.807, 2.05) is 13.8 Å². The van der Waals surface area contributed by atoms with Crippen LogP contribution in [-0.2, 0) is 4.79 Å². The van der Waals surface area contributed by atoms with Crippen molar-refractivity contribution in [3.63, 3.8) is 0 Å². The molecule has 0 unspecified atom stereocenters. The van der Waals surface area contributed by atoms with Gasteiger partial charge in [0.1, 0.15) is 23.2 Å². The van der Waals surface area contributed by atoms with Gasteiger partial charge in [-0.2, -0.15) is 0 Å². The number of anilines is 1. The largest absolute Gasteiger partial charge is 0.323 e. The summed E-state index contributed by atoms with van der Waals surface area (Å²) in [6, 6.07) is 2.84. The van der Waals surface area contributed by atoms with Gasteiger partial charge in [-0.1, -0.05) is 32.1 Å². The third-order valence-electron chi connectivity index (χ3n) is 7.52. The maximum absolute atomic E-state index is 14.0. The van der Waals surface area contributed by atoms with Gasteiger partial charge in [0.05, 0.1) is 26.7 Å². The summed E-state index contributed by atoms with van der Waals surface area (Å²) in [5.74, 6) is -1.11. The third-order valence-corrected chi connectivity index (χ3v) is 11.1. The number of amides is 3. The van der Waals surface area contributed by atoms with E-state index < -0.39 is 37.0 Å². The lowest BCUT2D eigenvalue weighted by atomic mass is 9.83. The van der Waals surface area contributed by atoms with Crippen LogP contribution < -0.4 is 10.6 Å². The molecule has 172 valence electrons. The van der Waals surface area contributed by atoms with Crippen molar-refractivity contribution in [3.8, 4) is 0 Å². The van der Waals surface area contributed by atoms with Crippen LogP contribution in [0.3, 0.4) is 0 Å². The molecule has 4 rings (SSSR count). The number of nitrogens with zero attached hydrogens (tertiary/aromatic N) is 2. The van der Waals surface area contributed by atoms with Gasteiger partial charge in [0.25, 0.3) is 0 Å². The number of hydrogen-bond acceptors (Lipinski definition) is 3. The van der Waals surface area contributed by atoms with Gasteiger partial charge in [-0.3, -0.25) is 9.79 Å². The quantitative estimate of drug-likeness (QED) is 0.643. The Morgan fingerprint density at radius 3 is 2.25 bits per heavy atom. The van der Waals surface area contributed by atoms with Crippen molar-refractivity contribution >= 4 is 31.5 Å². The Labute approximate surface area is 188 Å². The highest BCUT2D eigenvalue weighted by molar-refractivity contribution is 6.82. The van der Waals surface area contributed by atoms with Crippen LogP contribution in [0.15, 0.2) is 34.3 Å². The number of benzene rings is 1. The van der Waals surface area contributed by atoms with Crippen molar-refractivity contribution in [2.24, 2.45) is 4.99 Å². The molecule has 3 amide bonds. The maximum Gasteiger partial charge on any atom is 0.323 e. The monoisotopic (exact) mass is 460 g/mol. The smallest absolute Gasteiger partial charge is 0.311 e. The Morgan fingerprint density at radius 2 is 1.72 bits per heavy atom. The predicted octanol–water partition coefficient (Wildman–Crippen LogP) is 4.68. The van der Waals surface area contributed by atoms with Crippen molar-refractivity contribution in [2.45, 2.75) is 63.3 Å². The molecule has 0 aromatic heterocycles. The average Bonchev–Trinajstić information content (AvgIpc) is 3.14. The molecule has 2 heterocycles. The van der Waals surface area contributed by atoms with Crippen molar-refractivity contribution in [2.75, 3.05) is 18.4 Å². The highest BCUT2D eigenvalue weighted by Crippen LogP contribution is 2.55. The zero-order valence-electron chi connectivity index (χ0n) is 19.2. The first kappa shape index (κ1) is 22.6. The second-order valence-electron chi connectivity index (χ2n) is 10.4. The van der Waals surface area contributed by atoms with E-state index in [4.69, 9.17) is 0 Å². The number of carbonyl (C=O) groups is 2. The van der Waals surface area contributed by atoms with Gasteiger partial charge in [-0.25, -0.2) is 13.6 Å². The molecule has 9 heteroatoms. The van der Waals surface area contributed by atoms with Crippen molar-refractivity contribution in [3.05, 3.63) is 41.0 Å². The average molecular weight is 461 g/mol. The molecule has 0 saturated heterocycles. The van der Waals surface area contributed by atoms with Gasteiger partial charge in [-0.05, 0) is 44.4 Å². The minimum Gasteiger partial charge on any atom is -0.311 e. The summed E-state index contributed by atoms with van der Waals surface area (Å²) in [5, 5.41) is 5.16. The maximum atomic E-state index is 14.0. The van der Waals surface area contributed by atoms with Crippen LogP contribution in [-0.4, -0.2) is 49.4 Å². The Kier molecular flexibility index (Phi) is 5.31. The molecule has 32 heavy (non-hydrogen) atoms. The van der Waals surface area contributed by atoms with E-state index in [9.17, 15) is 18.4 Å². The van der Waals surface area contributed by atoms with E-state index in [-0.39, 0.29) is 17.5 Å². The molecule has 3 aliphatic rings. The Bertz CT molecular complexity index is 1030. The molecular weight excluding hydrogens is 430 g/mol. The topological polar surface area (TPSA) is 73.8 Å². The molecule has 1 aliphatic carbocycles. The highest BCUT2D eigenvalue weighted by atomic mass is 28.3. The second kappa shape index (κ2) is 7.50. The molecular formula is C23H30F2N4O2Si. The van der Waals surface area contributed by atoms with Gasteiger partial charge < -0.3 is 15.5 Å². The highest BCUT2D eigenvalue weighted by Gasteiger charge is 2.54. The van der Waals surface area contributed by atoms with Gasteiger partial charge in [0, 0.05) is 10.6 Å². The molecule has 1 aromatic rings. The molecule has 1 saturated carbocycles. The number of halogens is 2. The van der Waals surface area contributed by atoms with Crippen molar-refractivity contribution < 1.29 is 18.4 Å². The fourth-order valence-corrected chi connectivity index (χ4v) is 7.65. The number of rotatable bonds is 3. The molecule has 1 aromatic carbocycles. The number of para-hydroxylation sites is 1. The van der Waals surface area contributed by atoms with Crippen LogP contribution in [0.5, 0.6) is 0 Å². The lowest BCUT2D eigenvalue weighted by molar-refractivity contribution is -0.125. The van der Waals surface area contributed by atoms with E-state index in [2.05, 4.69) is 35.3 Å². The van der Waals surface area contributed by atoms with Crippen molar-refractivity contribution in [1.82, 2.24) is 10.2 Å². The molecule has 0 bridgehead atoms. The molecule has 2 aliphatic heterocycles. The summed E-state index contributed by atoms with van der Waals surface area (Å²) < 4.78 is 28.1. The third kappa shape index (κ3) is 3.37. The zero-order valence-corrected chi connectivity index (χ0v) is 20.2. The van der Waals surface area contributed by atoms with Crippen LogP contribution in [0.2, 0.25) is 24.7 Å². The fraction of sp³-hybridized carbons (Fsp3) is 0.522. The van der Waals surface area contributed by atoms with E-state index in [0.29, 0.717) is 12.4 Å². The Hall–Kier alpha value is -2.55. The minimum absolute atomic E-state index is 0.0320. The van der Waals surface area contributed by atoms with Gasteiger partial charge in [0.2, 0.25) is 5.91 Å². The summed E-state index contributed by atoms with van der Waals surface area (Å²) in [6.07, 6.45) is 2.87. The van der Waals surface area contributed by atoms with E-state index in [1.54, 1.807) is 0 Å². The Balaban J connectivity index is 1.52. The van der Waals surface area contributed by atoms with Crippen LogP contribution in [0, 0.1) is 11.6 Å². The zero-order chi connectivity index (χ0) is 23.5. The number of amidine groups is 1. The van der Waals surface area contributed by atoms with Crippen LogP contribution in [0.4, 0.5) is 19.3 Å². The first-order valence-electron chi connectivity index (χ1n) is 11.0. The summed E-state index contributed by atoms with van der Waals surface area (Å²) in [4.78, 5) is 32.3. The summed E-state index contributed by atoms with van der Waals surface area (Å²) in [6.45, 7) is 11.0. The molecule has 6 nitrogen and oxygen atoms in total. The summed E-state index contributed by atoms with van der Waals surface area (Å²) in [5.41, 5.74) is 0.583. The van der Waals surface area contributed by atoms with Crippen LogP contribution in [0.1, 0.15) is 33.1 Å². The predicted molar refractivity (Wildman–Crippen MR) is 124 cm³/mol. The van der Waals surface area contributed by atoms with Crippen LogP contribution in [0.25, 0.3) is 0 Å². The lowest BCUT2D eigenvalue weighted by Gasteiger charge is -2.49. The summed E-state index contributed by atoms with van der Waals surface area (Å²) in [7, 11) is -1.74. The van der Waals surface area contributed by atoms with E-state index >= 15 is 0 Å². The molecule has 0 spiro atoms. The lowest BCUT2D eigenvalue weighted by Crippen LogP contribution is -2.55. The Morgan fingerprint density at radius 1 is 1.09 bits per heavy atom. The number of urea groups is 1. The number of carbonyl (C=O) groups excluding carboxylic acids is 2. The molecule has 0 radical (unpaired) electrons. The minimum atomic E-state index is -1.74. The normalized spacial score (nSPS) is 21.1. The number of nitrogens with one attached hydrogen (secondary N) is 2. The van der Waals surface area contributed by atoms with Gasteiger partial charge >= 0.3 is 6.03 Å². The van der Waals surface area contributed by atoms with Crippen LogP contribution >= 0.6 is 0 Å². The SMILES string of the molecule is CC1(C)C2=C(CN1C(=O)Nc1c(F)cccc1F)C(NC(=O)C1([Si](C)(C)C)CCC1)=NC2. The standard InChI is InChI=1S/C23H30F2N4O2Si/c1-22(2)15-12-26-19(28-20(30)23(10-7-11-23)32(3,4)5)14(15)13-29(22)21(31)27-18-16(24)8-6-9-17(18)25/h6,8-9H,7,10-13H2,1-5H3,(H,27,31)(H,26,28,30). The first-order valence-corrected chi connectivity index (χ1v) is 14.5. The second-order valence-corrected chi connectivity index (χ2v) is 15.9. The van der Waals surface area contributed by atoms with Crippen molar-refractivity contribution in [1.29, 1.82) is 0 Å². The molecule has 2 N–H and O–H groups in total. The first-order chi connectivity index (χ1) is 14.9. The van der Waals surface area contributed by atoms with E-state index in [0.717, 1.165) is 42.5 Å². The number of hydrogen-bond donors (Lipinski definition) is 2. The van der Waals surface area contributed by atoms with Gasteiger partial charge in [-0.15, -0.1) is 0 Å². The number of aliphatic imine (C=N–C) groups is 1.